The number of nitrogens with zero attached hydrogens (tertiary/aromatic N) is 2. The van der Waals surface area contributed by atoms with Gasteiger partial charge in [-0.15, -0.1) is 0 Å². The lowest BCUT2D eigenvalue weighted by atomic mass is 9.91. The maximum atomic E-state index is 14.6. The molecule has 3 aromatic rings. The van der Waals surface area contributed by atoms with E-state index in [0.29, 0.717) is 5.69 Å². The van der Waals surface area contributed by atoms with Gasteiger partial charge in [-0.3, -0.25) is 9.78 Å². The fraction of sp³-hybridized carbons (Fsp3) is 0.286. The number of nitrogens with two attached hydrogens (primary N) is 2. The van der Waals surface area contributed by atoms with Gasteiger partial charge in [0, 0.05) is 29.4 Å². The average Bonchev–Trinajstić information content (AvgIpc) is 2.71. The predicted molar refractivity (Wildman–Crippen MR) is 112 cm³/mol. The minimum atomic E-state index is -0.765. The lowest BCUT2D eigenvalue weighted by molar-refractivity contribution is 0.100. The molecule has 0 saturated heterocycles. The van der Waals surface area contributed by atoms with Gasteiger partial charge >= 0.3 is 0 Å². The molecular formula is C21H23FN6O. The molecule has 2 aromatic heterocycles. The minimum Gasteiger partial charge on any atom is -0.365 e. The van der Waals surface area contributed by atoms with Crippen LogP contribution in [0.2, 0.25) is 0 Å². The molecule has 150 valence electrons. The van der Waals surface area contributed by atoms with E-state index in [9.17, 15) is 9.18 Å². The van der Waals surface area contributed by atoms with Gasteiger partial charge in [0.05, 0.1) is 11.1 Å². The topological polar surface area (TPSA) is 119 Å². The van der Waals surface area contributed by atoms with Gasteiger partial charge in [0.25, 0.3) is 5.91 Å². The van der Waals surface area contributed by atoms with E-state index >= 15 is 0 Å². The molecule has 1 aliphatic rings. The Hall–Kier alpha value is -3.26. The highest BCUT2D eigenvalue weighted by Gasteiger charge is 2.24. The van der Waals surface area contributed by atoms with E-state index in [1.807, 2.05) is 30.3 Å². The van der Waals surface area contributed by atoms with Crippen LogP contribution in [0.1, 0.15) is 36.0 Å². The summed E-state index contributed by atoms with van der Waals surface area (Å²) in [4.78, 5) is 20.5. The summed E-state index contributed by atoms with van der Waals surface area (Å²) in [6, 6.07) is 10.3. The molecule has 1 fully saturated rings. The number of fused-ring (bicyclic) bond motifs is 1. The second kappa shape index (κ2) is 8.00. The number of halogens is 1. The summed E-state index contributed by atoms with van der Waals surface area (Å²) >= 11 is 0. The van der Waals surface area contributed by atoms with E-state index in [1.165, 1.54) is 0 Å². The van der Waals surface area contributed by atoms with Gasteiger partial charge in [-0.05, 0) is 37.1 Å². The highest BCUT2D eigenvalue weighted by Crippen LogP contribution is 2.27. The number of primary amides is 1. The van der Waals surface area contributed by atoms with Crippen LogP contribution in [0.4, 0.5) is 21.7 Å². The van der Waals surface area contributed by atoms with Crippen molar-refractivity contribution in [2.24, 2.45) is 11.5 Å². The molecular weight excluding hydrogens is 371 g/mol. The Morgan fingerprint density at radius 1 is 1.14 bits per heavy atom. The lowest BCUT2D eigenvalue weighted by Crippen LogP contribution is -2.43. The Bertz CT molecular complexity index is 1060. The average molecular weight is 394 g/mol. The third-order valence-corrected chi connectivity index (χ3v) is 5.25. The van der Waals surface area contributed by atoms with Gasteiger partial charge in [-0.2, -0.15) is 0 Å². The standard InChI is InChI=1S/C21H23FN6O/c22-15-11-14(19(24)29)20(28-21(15)27-17-6-2-1-5-16(17)23)26-13-8-7-12-4-3-9-25-18(12)10-13/h3-4,7-11,16-17H,1-2,5-6,23H2,(H2,24,29)(H2,26,27,28). The van der Waals surface area contributed by atoms with E-state index in [2.05, 4.69) is 20.6 Å². The van der Waals surface area contributed by atoms with E-state index in [-0.39, 0.29) is 29.3 Å². The summed E-state index contributed by atoms with van der Waals surface area (Å²) in [5, 5.41) is 7.16. The van der Waals surface area contributed by atoms with Gasteiger partial charge in [-0.25, -0.2) is 9.37 Å². The number of hydrogen-bond acceptors (Lipinski definition) is 6. The quantitative estimate of drug-likeness (QED) is 0.527. The van der Waals surface area contributed by atoms with Gasteiger partial charge in [0.15, 0.2) is 11.6 Å². The zero-order chi connectivity index (χ0) is 20.4. The number of carbonyl (C=O) groups is 1. The van der Waals surface area contributed by atoms with E-state index < -0.39 is 11.7 Å². The molecule has 0 bridgehead atoms. The highest BCUT2D eigenvalue weighted by molar-refractivity contribution is 5.99. The minimum absolute atomic E-state index is 0.0258. The van der Waals surface area contributed by atoms with Crippen molar-refractivity contribution < 1.29 is 9.18 Å². The number of anilines is 3. The molecule has 7 nitrogen and oxygen atoms in total. The molecule has 2 atom stereocenters. The maximum absolute atomic E-state index is 14.6. The summed E-state index contributed by atoms with van der Waals surface area (Å²) in [5.41, 5.74) is 13.0. The van der Waals surface area contributed by atoms with Gasteiger partial charge in [0.2, 0.25) is 0 Å². The molecule has 1 amide bonds. The maximum Gasteiger partial charge on any atom is 0.252 e. The first-order chi connectivity index (χ1) is 14.0. The number of aromatic nitrogens is 2. The third kappa shape index (κ3) is 4.12. The zero-order valence-electron chi connectivity index (χ0n) is 15.9. The second-order valence-electron chi connectivity index (χ2n) is 7.31. The number of nitrogens with one attached hydrogen (secondary N) is 2. The Labute approximate surface area is 167 Å². The normalized spacial score (nSPS) is 19.1. The van der Waals surface area contributed by atoms with Crippen molar-refractivity contribution in [3.8, 4) is 0 Å². The number of amides is 1. The SMILES string of the molecule is NC(=O)c1cc(F)c(NC2CCCCC2N)nc1Nc1ccc2cccnc2c1. The van der Waals surface area contributed by atoms with Crippen LogP contribution in [0.3, 0.4) is 0 Å². The molecule has 1 aliphatic carbocycles. The van der Waals surface area contributed by atoms with Crippen LogP contribution < -0.4 is 22.1 Å². The smallest absolute Gasteiger partial charge is 0.252 e. The molecule has 0 aliphatic heterocycles. The lowest BCUT2D eigenvalue weighted by Gasteiger charge is -2.30. The Morgan fingerprint density at radius 2 is 1.97 bits per heavy atom. The summed E-state index contributed by atoms with van der Waals surface area (Å²) in [7, 11) is 0. The molecule has 2 heterocycles. The third-order valence-electron chi connectivity index (χ3n) is 5.25. The number of rotatable bonds is 5. The summed E-state index contributed by atoms with van der Waals surface area (Å²) < 4.78 is 14.6. The van der Waals surface area contributed by atoms with Crippen molar-refractivity contribution in [2.45, 2.75) is 37.8 Å². The fourth-order valence-electron chi connectivity index (χ4n) is 3.67. The van der Waals surface area contributed by atoms with Crippen LogP contribution >= 0.6 is 0 Å². The van der Waals surface area contributed by atoms with Crippen LogP contribution in [0, 0.1) is 5.82 Å². The van der Waals surface area contributed by atoms with Crippen molar-refractivity contribution in [1.82, 2.24) is 9.97 Å². The van der Waals surface area contributed by atoms with Gasteiger partial charge < -0.3 is 22.1 Å². The van der Waals surface area contributed by atoms with Crippen LogP contribution in [-0.4, -0.2) is 28.0 Å². The molecule has 0 spiro atoms. The van der Waals surface area contributed by atoms with E-state index in [0.717, 1.165) is 42.7 Å². The van der Waals surface area contributed by atoms with Crippen molar-refractivity contribution in [2.75, 3.05) is 10.6 Å². The first kappa shape index (κ1) is 19.1. The number of hydrogen-bond donors (Lipinski definition) is 4. The number of benzene rings is 1. The number of carbonyl (C=O) groups excluding carboxylic acids is 1. The molecule has 4 rings (SSSR count). The first-order valence-corrected chi connectivity index (χ1v) is 9.65. The van der Waals surface area contributed by atoms with Crippen LogP contribution in [0.15, 0.2) is 42.6 Å². The predicted octanol–water partition coefficient (Wildman–Crippen LogP) is 3.29. The molecule has 1 aromatic carbocycles. The van der Waals surface area contributed by atoms with Crippen LogP contribution in [0.25, 0.3) is 10.9 Å². The van der Waals surface area contributed by atoms with E-state index in [1.54, 1.807) is 6.20 Å². The molecule has 29 heavy (non-hydrogen) atoms. The molecule has 1 saturated carbocycles. The summed E-state index contributed by atoms with van der Waals surface area (Å²) in [5.74, 6) is -1.17. The summed E-state index contributed by atoms with van der Waals surface area (Å²) in [6.07, 6.45) is 5.53. The zero-order valence-corrected chi connectivity index (χ0v) is 15.9. The highest BCUT2D eigenvalue weighted by atomic mass is 19.1. The Balaban J connectivity index is 1.67. The van der Waals surface area contributed by atoms with Crippen molar-refractivity contribution >= 4 is 34.1 Å². The Kier molecular flexibility index (Phi) is 5.26. The number of pyridine rings is 2. The molecule has 8 heteroatoms. The van der Waals surface area contributed by atoms with Gasteiger partial charge in [0.1, 0.15) is 5.82 Å². The fourth-order valence-corrected chi connectivity index (χ4v) is 3.67. The summed E-state index contributed by atoms with van der Waals surface area (Å²) in [6.45, 7) is 0. The van der Waals surface area contributed by atoms with Crippen LogP contribution in [0.5, 0.6) is 0 Å². The largest absolute Gasteiger partial charge is 0.365 e. The van der Waals surface area contributed by atoms with Crippen molar-refractivity contribution in [3.05, 3.63) is 54.0 Å². The van der Waals surface area contributed by atoms with Crippen molar-refractivity contribution in [1.29, 1.82) is 0 Å². The molecule has 0 radical (unpaired) electrons. The van der Waals surface area contributed by atoms with E-state index in [4.69, 9.17) is 11.5 Å². The van der Waals surface area contributed by atoms with Gasteiger partial charge in [-0.1, -0.05) is 25.0 Å². The molecule has 2 unspecified atom stereocenters. The first-order valence-electron chi connectivity index (χ1n) is 9.65. The Morgan fingerprint density at radius 3 is 2.76 bits per heavy atom. The van der Waals surface area contributed by atoms with Crippen molar-refractivity contribution in [3.63, 3.8) is 0 Å². The molecule has 6 N–H and O–H groups in total. The van der Waals surface area contributed by atoms with Crippen LogP contribution in [-0.2, 0) is 0 Å². The second-order valence-corrected chi connectivity index (χ2v) is 7.31. The monoisotopic (exact) mass is 394 g/mol.